The van der Waals surface area contributed by atoms with Gasteiger partial charge in [-0.1, -0.05) is 13.8 Å². The van der Waals surface area contributed by atoms with E-state index in [0.717, 1.165) is 5.82 Å². The van der Waals surface area contributed by atoms with Crippen LogP contribution in [-0.4, -0.2) is 43.9 Å². The van der Waals surface area contributed by atoms with Gasteiger partial charge in [0.15, 0.2) is 5.82 Å². The summed E-state index contributed by atoms with van der Waals surface area (Å²) < 4.78 is 15.7. The Morgan fingerprint density at radius 2 is 2.00 bits per heavy atom. The zero-order chi connectivity index (χ0) is 14.1. The third-order valence-corrected chi connectivity index (χ3v) is 2.20. The highest BCUT2D eigenvalue weighted by molar-refractivity contribution is 5.38. The summed E-state index contributed by atoms with van der Waals surface area (Å²) in [5.74, 6) is 2.34. The Bertz CT molecular complexity index is 372. The minimum absolute atomic E-state index is 0.359. The van der Waals surface area contributed by atoms with E-state index < -0.39 is 0 Å². The SMILES string of the molecule is COCCNc1cc(OCC(C)C)nc(COC)n1. The molecular weight excluding hydrogens is 246 g/mol. The van der Waals surface area contributed by atoms with E-state index >= 15 is 0 Å². The van der Waals surface area contributed by atoms with Gasteiger partial charge < -0.3 is 19.5 Å². The Morgan fingerprint density at radius 1 is 1.21 bits per heavy atom. The van der Waals surface area contributed by atoms with E-state index in [-0.39, 0.29) is 0 Å². The van der Waals surface area contributed by atoms with E-state index in [1.54, 1.807) is 20.3 Å². The average molecular weight is 269 g/mol. The first kappa shape index (κ1) is 15.7. The molecular formula is C13H23N3O3. The number of nitrogens with zero attached hydrogens (tertiary/aromatic N) is 2. The molecule has 0 amide bonds. The van der Waals surface area contributed by atoms with Crippen molar-refractivity contribution in [2.45, 2.75) is 20.5 Å². The molecule has 6 heteroatoms. The number of aromatic nitrogens is 2. The number of anilines is 1. The fourth-order valence-electron chi connectivity index (χ4n) is 1.36. The standard InChI is InChI=1S/C13H23N3O3/c1-10(2)8-19-13-7-11(14-5-6-17-3)15-12(16-13)9-18-4/h7,10H,5-6,8-9H2,1-4H3,(H,14,15,16). The van der Waals surface area contributed by atoms with Crippen molar-refractivity contribution in [3.05, 3.63) is 11.9 Å². The van der Waals surface area contributed by atoms with Crippen LogP contribution in [0.2, 0.25) is 0 Å². The molecule has 0 aliphatic carbocycles. The minimum atomic E-state index is 0.359. The van der Waals surface area contributed by atoms with Crippen LogP contribution in [0.15, 0.2) is 6.07 Å². The Kier molecular flexibility index (Phi) is 7.14. The minimum Gasteiger partial charge on any atom is -0.477 e. The van der Waals surface area contributed by atoms with Crippen molar-refractivity contribution in [3.8, 4) is 5.88 Å². The van der Waals surface area contributed by atoms with Gasteiger partial charge in [0.05, 0.1) is 13.2 Å². The molecule has 19 heavy (non-hydrogen) atoms. The predicted molar refractivity (Wildman–Crippen MR) is 73.4 cm³/mol. The Hall–Kier alpha value is -1.40. The fraction of sp³-hybridized carbons (Fsp3) is 0.692. The summed E-state index contributed by atoms with van der Waals surface area (Å²) in [5, 5.41) is 3.16. The highest BCUT2D eigenvalue weighted by Crippen LogP contribution is 2.15. The topological polar surface area (TPSA) is 65.5 Å². The lowest BCUT2D eigenvalue weighted by atomic mass is 10.2. The van der Waals surface area contributed by atoms with Gasteiger partial charge in [0.25, 0.3) is 0 Å². The van der Waals surface area contributed by atoms with Crippen LogP contribution < -0.4 is 10.1 Å². The summed E-state index contributed by atoms with van der Waals surface area (Å²) in [6.45, 7) is 6.47. The highest BCUT2D eigenvalue weighted by Gasteiger charge is 2.06. The van der Waals surface area contributed by atoms with Gasteiger partial charge in [-0.25, -0.2) is 4.98 Å². The smallest absolute Gasteiger partial charge is 0.218 e. The van der Waals surface area contributed by atoms with Gasteiger partial charge in [0.1, 0.15) is 12.4 Å². The third-order valence-electron chi connectivity index (χ3n) is 2.20. The Balaban J connectivity index is 2.71. The van der Waals surface area contributed by atoms with E-state index in [1.165, 1.54) is 0 Å². The van der Waals surface area contributed by atoms with Gasteiger partial charge in [-0.3, -0.25) is 0 Å². The van der Waals surface area contributed by atoms with E-state index in [2.05, 4.69) is 29.1 Å². The normalized spacial score (nSPS) is 10.8. The summed E-state index contributed by atoms with van der Waals surface area (Å²) in [7, 11) is 3.28. The lowest BCUT2D eigenvalue weighted by Crippen LogP contribution is -2.12. The molecule has 1 aromatic rings. The summed E-state index contributed by atoms with van der Waals surface area (Å²) in [4.78, 5) is 8.63. The zero-order valence-corrected chi connectivity index (χ0v) is 12.1. The molecule has 1 aromatic heterocycles. The van der Waals surface area contributed by atoms with Crippen LogP contribution in [0.4, 0.5) is 5.82 Å². The number of methoxy groups -OCH3 is 2. The second kappa shape index (κ2) is 8.66. The van der Waals surface area contributed by atoms with Crippen LogP contribution in [0.5, 0.6) is 5.88 Å². The van der Waals surface area contributed by atoms with Crippen LogP contribution in [0.3, 0.4) is 0 Å². The lowest BCUT2D eigenvalue weighted by Gasteiger charge is -2.11. The number of nitrogens with one attached hydrogen (secondary N) is 1. The summed E-state index contributed by atoms with van der Waals surface area (Å²) >= 11 is 0. The van der Waals surface area contributed by atoms with Gasteiger partial charge >= 0.3 is 0 Å². The molecule has 0 bridgehead atoms. The van der Waals surface area contributed by atoms with E-state index in [4.69, 9.17) is 14.2 Å². The molecule has 108 valence electrons. The molecule has 0 aliphatic rings. The van der Waals surface area contributed by atoms with Crippen molar-refractivity contribution in [2.75, 3.05) is 39.3 Å². The second-order valence-electron chi connectivity index (χ2n) is 4.57. The molecule has 0 unspecified atom stereocenters. The monoisotopic (exact) mass is 269 g/mol. The Morgan fingerprint density at radius 3 is 2.63 bits per heavy atom. The Labute approximate surface area is 114 Å². The van der Waals surface area contributed by atoms with Gasteiger partial charge in [-0.15, -0.1) is 0 Å². The summed E-state index contributed by atoms with van der Waals surface area (Å²) in [6, 6.07) is 1.79. The molecule has 1 rings (SSSR count). The predicted octanol–water partition coefficient (Wildman–Crippen LogP) is 1.72. The van der Waals surface area contributed by atoms with Crippen LogP contribution in [0.1, 0.15) is 19.7 Å². The average Bonchev–Trinajstić information content (AvgIpc) is 2.37. The molecule has 1 N–H and O–H groups in total. The molecule has 0 aliphatic heterocycles. The van der Waals surface area contributed by atoms with Crippen LogP contribution in [-0.2, 0) is 16.1 Å². The van der Waals surface area contributed by atoms with E-state index in [0.29, 0.717) is 44.0 Å². The van der Waals surface area contributed by atoms with Crippen LogP contribution in [0, 0.1) is 5.92 Å². The molecule has 0 saturated carbocycles. The number of hydrogen-bond donors (Lipinski definition) is 1. The van der Waals surface area contributed by atoms with Crippen molar-refractivity contribution in [1.82, 2.24) is 9.97 Å². The molecule has 0 fully saturated rings. The summed E-state index contributed by atoms with van der Waals surface area (Å²) in [6.07, 6.45) is 0. The van der Waals surface area contributed by atoms with Crippen LogP contribution >= 0.6 is 0 Å². The number of ether oxygens (including phenoxy) is 3. The molecule has 0 saturated heterocycles. The van der Waals surface area contributed by atoms with Gasteiger partial charge in [0.2, 0.25) is 5.88 Å². The largest absolute Gasteiger partial charge is 0.477 e. The number of rotatable bonds is 9. The number of hydrogen-bond acceptors (Lipinski definition) is 6. The third kappa shape index (κ3) is 6.35. The first-order valence-electron chi connectivity index (χ1n) is 6.38. The van der Waals surface area contributed by atoms with Crippen molar-refractivity contribution in [2.24, 2.45) is 5.92 Å². The molecule has 0 aromatic carbocycles. The fourth-order valence-corrected chi connectivity index (χ4v) is 1.36. The molecule has 0 spiro atoms. The van der Waals surface area contributed by atoms with Gasteiger partial charge in [-0.05, 0) is 5.92 Å². The van der Waals surface area contributed by atoms with Crippen molar-refractivity contribution in [1.29, 1.82) is 0 Å². The molecule has 0 atom stereocenters. The van der Waals surface area contributed by atoms with Gasteiger partial charge in [-0.2, -0.15) is 4.98 Å². The highest BCUT2D eigenvalue weighted by atomic mass is 16.5. The van der Waals surface area contributed by atoms with Crippen LogP contribution in [0.25, 0.3) is 0 Å². The zero-order valence-electron chi connectivity index (χ0n) is 12.1. The first-order chi connectivity index (χ1) is 9.15. The quantitative estimate of drug-likeness (QED) is 0.689. The van der Waals surface area contributed by atoms with E-state index in [9.17, 15) is 0 Å². The maximum Gasteiger partial charge on any atom is 0.218 e. The van der Waals surface area contributed by atoms with E-state index in [1.807, 2.05) is 0 Å². The maximum absolute atomic E-state index is 5.62. The second-order valence-corrected chi connectivity index (χ2v) is 4.57. The van der Waals surface area contributed by atoms with Crippen molar-refractivity contribution in [3.63, 3.8) is 0 Å². The van der Waals surface area contributed by atoms with Crippen molar-refractivity contribution < 1.29 is 14.2 Å². The van der Waals surface area contributed by atoms with Crippen molar-refractivity contribution >= 4 is 5.82 Å². The molecule has 6 nitrogen and oxygen atoms in total. The maximum atomic E-state index is 5.62. The lowest BCUT2D eigenvalue weighted by molar-refractivity contribution is 0.175. The molecule has 1 heterocycles. The van der Waals surface area contributed by atoms with Gasteiger partial charge in [0, 0.05) is 26.8 Å². The summed E-state index contributed by atoms with van der Waals surface area (Å²) in [5.41, 5.74) is 0. The molecule has 0 radical (unpaired) electrons. The first-order valence-corrected chi connectivity index (χ1v) is 6.38.